The van der Waals surface area contributed by atoms with Crippen LogP contribution in [0.3, 0.4) is 0 Å². The highest BCUT2D eigenvalue weighted by molar-refractivity contribution is 9.10. The van der Waals surface area contributed by atoms with Gasteiger partial charge in [-0.05, 0) is 35.0 Å². The number of hydrogen-bond acceptors (Lipinski definition) is 3. The number of sulfonamides is 1. The van der Waals surface area contributed by atoms with Gasteiger partial charge in [0.25, 0.3) is 0 Å². The van der Waals surface area contributed by atoms with Crippen molar-refractivity contribution in [1.29, 1.82) is 0 Å². The van der Waals surface area contributed by atoms with Gasteiger partial charge in [-0.3, -0.25) is 4.31 Å². The molecular formula is C10H12BrNO4S. The Balaban J connectivity index is 3.36. The summed E-state index contributed by atoms with van der Waals surface area (Å²) in [5.74, 6) is -1.20. The van der Waals surface area contributed by atoms with E-state index in [-0.39, 0.29) is 0 Å². The molecule has 0 heterocycles. The third kappa shape index (κ3) is 3.19. The van der Waals surface area contributed by atoms with Gasteiger partial charge < -0.3 is 5.11 Å². The van der Waals surface area contributed by atoms with Crippen molar-refractivity contribution in [2.75, 3.05) is 10.6 Å². The van der Waals surface area contributed by atoms with Crippen LogP contribution in [0.4, 0.5) is 5.69 Å². The lowest BCUT2D eigenvalue weighted by Crippen LogP contribution is -2.43. The van der Waals surface area contributed by atoms with Gasteiger partial charge in [0.15, 0.2) is 0 Å². The van der Waals surface area contributed by atoms with E-state index in [9.17, 15) is 13.2 Å². The minimum atomic E-state index is -3.66. The SMILES string of the molecule is CC(C(=O)O)N(c1ccccc1Br)S(C)(=O)=O. The summed E-state index contributed by atoms with van der Waals surface area (Å²) in [6.07, 6.45) is 0.978. The molecule has 0 aliphatic heterocycles. The van der Waals surface area contributed by atoms with E-state index in [0.717, 1.165) is 10.6 Å². The maximum absolute atomic E-state index is 11.7. The van der Waals surface area contributed by atoms with Crippen molar-refractivity contribution >= 4 is 37.6 Å². The summed E-state index contributed by atoms with van der Waals surface area (Å²) in [5.41, 5.74) is 0.310. The number of anilines is 1. The zero-order valence-electron chi connectivity index (χ0n) is 9.29. The summed E-state index contributed by atoms with van der Waals surface area (Å²) >= 11 is 3.21. The maximum Gasteiger partial charge on any atom is 0.327 e. The number of carbonyl (C=O) groups is 1. The predicted octanol–water partition coefficient (Wildman–Crippen LogP) is 1.69. The number of aliphatic carboxylic acids is 1. The second-order valence-electron chi connectivity index (χ2n) is 3.52. The smallest absolute Gasteiger partial charge is 0.327 e. The van der Waals surface area contributed by atoms with Gasteiger partial charge >= 0.3 is 5.97 Å². The van der Waals surface area contributed by atoms with E-state index >= 15 is 0 Å². The minimum Gasteiger partial charge on any atom is -0.480 e. The Kier molecular flexibility index (Phi) is 4.16. The van der Waals surface area contributed by atoms with Crippen molar-refractivity contribution in [3.8, 4) is 0 Å². The van der Waals surface area contributed by atoms with Crippen LogP contribution in [0.15, 0.2) is 28.7 Å². The molecule has 0 radical (unpaired) electrons. The Morgan fingerprint density at radius 3 is 2.35 bits per heavy atom. The van der Waals surface area contributed by atoms with Gasteiger partial charge in [0.1, 0.15) is 6.04 Å². The highest BCUT2D eigenvalue weighted by Crippen LogP contribution is 2.29. The standard InChI is InChI=1S/C10H12BrNO4S/c1-7(10(13)14)12(17(2,15)16)9-6-4-3-5-8(9)11/h3-7H,1-2H3,(H,13,14). The van der Waals surface area contributed by atoms with Gasteiger partial charge in [0, 0.05) is 4.47 Å². The van der Waals surface area contributed by atoms with E-state index in [1.165, 1.54) is 6.92 Å². The zero-order chi connectivity index (χ0) is 13.2. The normalized spacial score (nSPS) is 13.1. The monoisotopic (exact) mass is 321 g/mol. The molecule has 0 aliphatic carbocycles. The quantitative estimate of drug-likeness (QED) is 0.915. The minimum absolute atomic E-state index is 0.310. The molecule has 5 nitrogen and oxygen atoms in total. The van der Waals surface area contributed by atoms with Crippen molar-refractivity contribution in [3.05, 3.63) is 28.7 Å². The van der Waals surface area contributed by atoms with E-state index in [1.807, 2.05) is 0 Å². The first-order valence-electron chi connectivity index (χ1n) is 4.72. The number of halogens is 1. The third-order valence-corrected chi connectivity index (χ3v) is 4.05. The molecule has 1 aromatic carbocycles. The first-order valence-corrected chi connectivity index (χ1v) is 7.36. The van der Waals surface area contributed by atoms with Gasteiger partial charge in [0.05, 0.1) is 11.9 Å². The Bertz CT molecular complexity index is 529. The van der Waals surface area contributed by atoms with Crippen LogP contribution in [0.1, 0.15) is 6.92 Å². The Labute approximate surface area is 108 Å². The van der Waals surface area contributed by atoms with E-state index in [4.69, 9.17) is 5.11 Å². The molecule has 0 aliphatic rings. The molecule has 1 atom stereocenters. The molecule has 1 unspecified atom stereocenters. The highest BCUT2D eigenvalue weighted by Gasteiger charge is 2.29. The van der Waals surface area contributed by atoms with Gasteiger partial charge in [-0.15, -0.1) is 0 Å². The van der Waals surface area contributed by atoms with Gasteiger partial charge in [-0.1, -0.05) is 12.1 Å². The average Bonchev–Trinajstić information content (AvgIpc) is 2.19. The Hall–Kier alpha value is -1.08. The van der Waals surface area contributed by atoms with Gasteiger partial charge in [-0.2, -0.15) is 0 Å². The maximum atomic E-state index is 11.7. The number of para-hydroxylation sites is 1. The van der Waals surface area contributed by atoms with Crippen molar-refractivity contribution in [2.24, 2.45) is 0 Å². The zero-order valence-corrected chi connectivity index (χ0v) is 11.7. The first kappa shape index (κ1) is 14.0. The molecule has 0 saturated heterocycles. The molecule has 0 bridgehead atoms. The number of benzene rings is 1. The van der Waals surface area contributed by atoms with E-state index in [2.05, 4.69) is 15.9 Å². The van der Waals surface area contributed by atoms with Crippen molar-refractivity contribution in [1.82, 2.24) is 0 Å². The molecule has 17 heavy (non-hydrogen) atoms. The van der Waals surface area contributed by atoms with Crippen LogP contribution in [-0.4, -0.2) is 31.8 Å². The number of nitrogens with zero attached hydrogens (tertiary/aromatic N) is 1. The molecule has 1 N–H and O–H groups in total. The van der Waals surface area contributed by atoms with Crippen LogP contribution >= 0.6 is 15.9 Å². The summed E-state index contributed by atoms with van der Waals surface area (Å²) in [6.45, 7) is 1.32. The second kappa shape index (κ2) is 5.05. The molecule has 0 aromatic heterocycles. The molecule has 0 fully saturated rings. The second-order valence-corrected chi connectivity index (χ2v) is 6.24. The largest absolute Gasteiger partial charge is 0.480 e. The number of carboxylic acids is 1. The Morgan fingerprint density at radius 1 is 1.41 bits per heavy atom. The fourth-order valence-electron chi connectivity index (χ4n) is 1.41. The molecule has 0 spiro atoms. The van der Waals surface area contributed by atoms with Gasteiger partial charge in [-0.25, -0.2) is 13.2 Å². The summed E-state index contributed by atoms with van der Waals surface area (Å²) in [5, 5.41) is 8.95. The van der Waals surface area contributed by atoms with Crippen LogP contribution in [0.2, 0.25) is 0 Å². The highest BCUT2D eigenvalue weighted by atomic mass is 79.9. The van der Waals surface area contributed by atoms with Crippen LogP contribution in [0.5, 0.6) is 0 Å². The van der Waals surface area contributed by atoms with E-state index in [0.29, 0.717) is 10.2 Å². The average molecular weight is 322 g/mol. The van der Waals surface area contributed by atoms with Crippen LogP contribution < -0.4 is 4.31 Å². The lowest BCUT2D eigenvalue weighted by Gasteiger charge is -2.27. The van der Waals surface area contributed by atoms with Crippen LogP contribution in [0.25, 0.3) is 0 Å². The van der Waals surface area contributed by atoms with E-state index in [1.54, 1.807) is 24.3 Å². The molecule has 1 aromatic rings. The number of rotatable bonds is 4. The summed E-state index contributed by atoms with van der Waals surface area (Å²) in [4.78, 5) is 11.0. The summed E-state index contributed by atoms with van der Waals surface area (Å²) < 4.78 is 24.7. The number of carboxylic acid groups (broad SMARTS) is 1. The van der Waals surface area contributed by atoms with Crippen molar-refractivity contribution < 1.29 is 18.3 Å². The van der Waals surface area contributed by atoms with E-state index < -0.39 is 22.0 Å². The fourth-order valence-corrected chi connectivity index (χ4v) is 3.18. The first-order chi connectivity index (χ1) is 7.75. The molecule has 0 saturated carbocycles. The fraction of sp³-hybridized carbons (Fsp3) is 0.300. The van der Waals surface area contributed by atoms with Crippen LogP contribution in [0, 0.1) is 0 Å². The number of hydrogen-bond donors (Lipinski definition) is 1. The Morgan fingerprint density at radius 2 is 1.94 bits per heavy atom. The summed E-state index contributed by atoms with van der Waals surface area (Å²) in [7, 11) is -3.66. The third-order valence-electron chi connectivity index (χ3n) is 2.16. The molecule has 1 rings (SSSR count). The molecule has 94 valence electrons. The lowest BCUT2D eigenvalue weighted by molar-refractivity contribution is -0.137. The predicted molar refractivity (Wildman–Crippen MR) is 68.6 cm³/mol. The molecular weight excluding hydrogens is 310 g/mol. The van der Waals surface area contributed by atoms with Crippen molar-refractivity contribution in [2.45, 2.75) is 13.0 Å². The van der Waals surface area contributed by atoms with Gasteiger partial charge in [0.2, 0.25) is 10.0 Å². The summed E-state index contributed by atoms with van der Waals surface area (Å²) in [6, 6.07) is 5.41. The topological polar surface area (TPSA) is 74.7 Å². The van der Waals surface area contributed by atoms with Crippen LogP contribution in [-0.2, 0) is 14.8 Å². The van der Waals surface area contributed by atoms with Crippen molar-refractivity contribution in [3.63, 3.8) is 0 Å². The lowest BCUT2D eigenvalue weighted by atomic mass is 10.2. The molecule has 0 amide bonds. The molecule has 7 heteroatoms.